The van der Waals surface area contributed by atoms with Crippen LogP contribution in [0.1, 0.15) is 10.6 Å². The molecule has 1 aliphatic heterocycles. The molecule has 5 rings (SSSR count). The summed E-state index contributed by atoms with van der Waals surface area (Å²) in [5, 5.41) is 11.2. The molecule has 0 bridgehead atoms. The molecule has 3 aromatic heterocycles. The van der Waals surface area contributed by atoms with E-state index in [9.17, 15) is 0 Å². The molecule has 0 amide bonds. The van der Waals surface area contributed by atoms with Gasteiger partial charge in [0.2, 0.25) is 0 Å². The quantitative estimate of drug-likeness (QED) is 0.480. The summed E-state index contributed by atoms with van der Waals surface area (Å²) in [6.07, 6.45) is 1.92. The van der Waals surface area contributed by atoms with Crippen LogP contribution < -0.4 is 14.8 Å². The number of aryl methyl sites for hydroxylation is 1. The molecule has 148 valence electrons. The predicted octanol–water partition coefficient (Wildman–Crippen LogP) is 4.83. The van der Waals surface area contributed by atoms with Crippen molar-refractivity contribution in [1.82, 2.24) is 14.8 Å². The number of nitrogens with one attached hydrogen (secondary N) is 1. The third kappa shape index (κ3) is 3.99. The Hall–Kier alpha value is -2.84. The zero-order valence-corrected chi connectivity index (χ0v) is 17.5. The van der Waals surface area contributed by atoms with Crippen molar-refractivity contribution in [1.29, 1.82) is 0 Å². The lowest BCUT2D eigenvalue weighted by atomic mass is 10.2. The van der Waals surface area contributed by atoms with Gasteiger partial charge in [0.1, 0.15) is 12.3 Å². The maximum atomic E-state index is 6.04. The predicted molar refractivity (Wildman–Crippen MR) is 116 cm³/mol. The van der Waals surface area contributed by atoms with Crippen LogP contribution in [0.2, 0.25) is 0 Å². The number of para-hydroxylation sites is 2. The summed E-state index contributed by atoms with van der Waals surface area (Å²) < 4.78 is 13.8. The number of hydrogen-bond donors (Lipinski definition) is 1. The Morgan fingerprint density at radius 1 is 1.17 bits per heavy atom. The minimum Gasteiger partial charge on any atom is -0.486 e. The monoisotopic (exact) mass is 424 g/mol. The lowest BCUT2D eigenvalue weighted by molar-refractivity contribution is 0.0759. The van der Waals surface area contributed by atoms with Crippen molar-refractivity contribution in [2.75, 3.05) is 11.9 Å². The molecule has 1 N–H and O–H groups in total. The van der Waals surface area contributed by atoms with Crippen molar-refractivity contribution in [3.8, 4) is 22.1 Å². The summed E-state index contributed by atoms with van der Waals surface area (Å²) in [7, 11) is 0. The number of rotatable bonds is 6. The molecule has 4 heterocycles. The summed E-state index contributed by atoms with van der Waals surface area (Å²) in [6.45, 7) is 3.97. The molecule has 0 spiro atoms. The van der Waals surface area contributed by atoms with Gasteiger partial charge in [-0.25, -0.2) is 4.98 Å². The van der Waals surface area contributed by atoms with Crippen molar-refractivity contribution in [3.05, 3.63) is 64.6 Å². The van der Waals surface area contributed by atoms with Crippen LogP contribution in [0.3, 0.4) is 0 Å². The fraction of sp³-hybridized carbons (Fsp3) is 0.238. The SMILES string of the molecule is Cc1nc(NCc2cccs2)sc1-c1ccn(CC2COc3ccccc3O2)n1. The van der Waals surface area contributed by atoms with Gasteiger partial charge in [-0.05, 0) is 36.6 Å². The van der Waals surface area contributed by atoms with E-state index in [4.69, 9.17) is 14.6 Å². The van der Waals surface area contributed by atoms with E-state index in [1.54, 1.807) is 22.7 Å². The molecule has 8 heteroatoms. The first kappa shape index (κ1) is 18.2. The number of anilines is 1. The Morgan fingerprint density at radius 2 is 2.07 bits per heavy atom. The lowest BCUT2D eigenvalue weighted by Gasteiger charge is -2.26. The molecule has 29 heavy (non-hydrogen) atoms. The van der Waals surface area contributed by atoms with Gasteiger partial charge in [-0.15, -0.1) is 11.3 Å². The molecule has 1 unspecified atom stereocenters. The second kappa shape index (κ2) is 7.88. The maximum Gasteiger partial charge on any atom is 0.183 e. The zero-order chi connectivity index (χ0) is 19.6. The summed E-state index contributed by atoms with van der Waals surface area (Å²) in [5.74, 6) is 1.59. The Labute approximate surface area is 176 Å². The van der Waals surface area contributed by atoms with E-state index >= 15 is 0 Å². The van der Waals surface area contributed by atoms with Gasteiger partial charge in [-0.1, -0.05) is 29.5 Å². The molecular formula is C21H20N4O2S2. The Bertz CT molecular complexity index is 1100. The molecule has 0 fully saturated rings. The van der Waals surface area contributed by atoms with E-state index in [-0.39, 0.29) is 6.10 Å². The fourth-order valence-electron chi connectivity index (χ4n) is 3.23. The van der Waals surface area contributed by atoms with E-state index in [2.05, 4.69) is 27.8 Å². The van der Waals surface area contributed by atoms with Crippen molar-refractivity contribution < 1.29 is 9.47 Å². The number of nitrogens with zero attached hydrogens (tertiary/aromatic N) is 3. The first-order valence-corrected chi connectivity index (χ1v) is 11.1. The molecule has 6 nitrogen and oxygen atoms in total. The minimum absolute atomic E-state index is 0.0665. The van der Waals surface area contributed by atoms with Gasteiger partial charge in [0.25, 0.3) is 0 Å². The number of benzene rings is 1. The van der Waals surface area contributed by atoms with Crippen molar-refractivity contribution in [3.63, 3.8) is 0 Å². The van der Waals surface area contributed by atoms with E-state index < -0.39 is 0 Å². The van der Waals surface area contributed by atoms with Crippen LogP contribution in [0.4, 0.5) is 5.13 Å². The number of hydrogen-bond acceptors (Lipinski definition) is 7. The lowest BCUT2D eigenvalue weighted by Crippen LogP contribution is -2.33. The van der Waals surface area contributed by atoms with Crippen molar-refractivity contribution in [2.24, 2.45) is 0 Å². The van der Waals surface area contributed by atoms with Crippen LogP contribution in [-0.2, 0) is 13.1 Å². The van der Waals surface area contributed by atoms with Gasteiger partial charge < -0.3 is 14.8 Å². The smallest absolute Gasteiger partial charge is 0.183 e. The number of thiophene rings is 1. The van der Waals surface area contributed by atoms with Crippen molar-refractivity contribution >= 4 is 27.8 Å². The summed E-state index contributed by atoms with van der Waals surface area (Å²) >= 11 is 3.38. The van der Waals surface area contributed by atoms with Crippen LogP contribution >= 0.6 is 22.7 Å². The fourth-order valence-corrected chi connectivity index (χ4v) is 4.80. The standard InChI is InChI=1S/C21H20N4O2S2/c1-14-20(29-21(23-14)22-11-16-5-4-10-28-16)17-8-9-25(24-17)12-15-13-26-18-6-2-3-7-19(18)27-15/h2-10,15H,11-13H2,1H3,(H,22,23). The third-order valence-electron chi connectivity index (χ3n) is 4.62. The minimum atomic E-state index is -0.0665. The number of ether oxygens (including phenoxy) is 2. The van der Waals surface area contributed by atoms with E-state index in [0.717, 1.165) is 39.4 Å². The van der Waals surface area contributed by atoms with Gasteiger partial charge in [-0.2, -0.15) is 5.10 Å². The second-order valence-corrected chi connectivity index (χ2v) is 8.82. The molecule has 4 aromatic rings. The Morgan fingerprint density at radius 3 is 2.93 bits per heavy atom. The van der Waals surface area contributed by atoms with Crippen LogP contribution in [0, 0.1) is 6.92 Å². The van der Waals surface area contributed by atoms with Gasteiger partial charge >= 0.3 is 0 Å². The van der Waals surface area contributed by atoms with Crippen molar-refractivity contribution in [2.45, 2.75) is 26.1 Å². The van der Waals surface area contributed by atoms with Gasteiger partial charge in [0, 0.05) is 11.1 Å². The average Bonchev–Trinajstić information content (AvgIpc) is 3.48. The Balaban J connectivity index is 1.25. The zero-order valence-electron chi connectivity index (χ0n) is 15.9. The van der Waals surface area contributed by atoms with Gasteiger partial charge in [0.15, 0.2) is 22.7 Å². The van der Waals surface area contributed by atoms with E-state index in [1.165, 1.54) is 4.88 Å². The number of aromatic nitrogens is 3. The van der Waals surface area contributed by atoms with E-state index in [1.807, 2.05) is 48.1 Å². The molecule has 0 saturated heterocycles. The highest BCUT2D eigenvalue weighted by Gasteiger charge is 2.22. The summed E-state index contributed by atoms with van der Waals surface area (Å²) in [5.41, 5.74) is 1.92. The normalized spacial score (nSPS) is 15.4. The van der Waals surface area contributed by atoms with Crippen LogP contribution in [0.5, 0.6) is 11.5 Å². The van der Waals surface area contributed by atoms with Crippen LogP contribution in [0.15, 0.2) is 54.0 Å². The highest BCUT2D eigenvalue weighted by atomic mass is 32.1. The van der Waals surface area contributed by atoms with E-state index in [0.29, 0.717) is 13.2 Å². The molecule has 1 aliphatic rings. The van der Waals surface area contributed by atoms with Gasteiger partial charge in [-0.3, -0.25) is 4.68 Å². The summed E-state index contributed by atoms with van der Waals surface area (Å²) in [4.78, 5) is 7.03. The topological polar surface area (TPSA) is 61.2 Å². The largest absolute Gasteiger partial charge is 0.486 e. The molecular weight excluding hydrogens is 404 g/mol. The first-order chi connectivity index (χ1) is 14.2. The van der Waals surface area contributed by atoms with Crippen LogP contribution in [0.25, 0.3) is 10.6 Å². The average molecular weight is 425 g/mol. The highest BCUT2D eigenvalue weighted by molar-refractivity contribution is 7.19. The Kier molecular flexibility index (Phi) is 4.95. The molecule has 1 atom stereocenters. The second-order valence-electron chi connectivity index (χ2n) is 6.79. The highest BCUT2D eigenvalue weighted by Crippen LogP contribution is 2.33. The molecule has 0 aliphatic carbocycles. The first-order valence-electron chi connectivity index (χ1n) is 9.40. The molecule has 0 saturated carbocycles. The van der Waals surface area contributed by atoms with Crippen LogP contribution in [-0.4, -0.2) is 27.5 Å². The number of thiazole rings is 1. The number of fused-ring (bicyclic) bond motifs is 1. The summed E-state index contributed by atoms with van der Waals surface area (Å²) in [6, 6.07) is 14.0. The third-order valence-corrected chi connectivity index (χ3v) is 6.64. The molecule has 0 radical (unpaired) electrons. The molecule has 1 aromatic carbocycles. The van der Waals surface area contributed by atoms with Gasteiger partial charge in [0.05, 0.1) is 23.7 Å². The maximum absolute atomic E-state index is 6.04.